The first-order valence-electron chi connectivity index (χ1n) is 13.2. The molecule has 0 fully saturated rings. The summed E-state index contributed by atoms with van der Waals surface area (Å²) in [7, 11) is 0. The zero-order valence-corrected chi connectivity index (χ0v) is 22.3. The number of hydrogen-bond acceptors (Lipinski definition) is 3. The van der Waals surface area contributed by atoms with Crippen LogP contribution in [0.15, 0.2) is 151 Å². The fourth-order valence-corrected chi connectivity index (χ4v) is 6.48. The Balaban J connectivity index is 1.66. The van der Waals surface area contributed by atoms with Gasteiger partial charge >= 0.3 is 0 Å². The number of carbonyl (C=O) groups is 1. The largest absolute Gasteiger partial charge is 0.377 e. The van der Waals surface area contributed by atoms with Gasteiger partial charge in [-0.25, -0.2) is 0 Å². The first kappa shape index (κ1) is 24.3. The molecule has 7 rings (SSSR count). The van der Waals surface area contributed by atoms with E-state index in [1.807, 2.05) is 146 Å². The van der Waals surface area contributed by atoms with E-state index >= 15 is 4.79 Å². The lowest BCUT2D eigenvalue weighted by Gasteiger charge is -2.40. The third-order valence-corrected chi connectivity index (χ3v) is 8.21. The maximum Gasteiger partial charge on any atom is 0.211 e. The van der Waals surface area contributed by atoms with E-state index in [4.69, 9.17) is 21.6 Å². The van der Waals surface area contributed by atoms with Crippen LogP contribution in [0.3, 0.4) is 0 Å². The summed E-state index contributed by atoms with van der Waals surface area (Å²) < 4.78 is 0. The predicted molar refractivity (Wildman–Crippen MR) is 160 cm³/mol. The van der Waals surface area contributed by atoms with Crippen LogP contribution in [0, 0.1) is 0 Å². The molecule has 2 aliphatic rings. The van der Waals surface area contributed by atoms with Gasteiger partial charge < -0.3 is 4.84 Å². The Morgan fingerprint density at radius 3 is 1.62 bits per heavy atom. The van der Waals surface area contributed by atoms with Gasteiger partial charge in [-0.05, 0) is 28.8 Å². The molecule has 40 heavy (non-hydrogen) atoms. The quantitative estimate of drug-likeness (QED) is 0.227. The Morgan fingerprint density at radius 2 is 1.05 bits per heavy atom. The highest BCUT2D eigenvalue weighted by molar-refractivity contribution is 6.46. The minimum Gasteiger partial charge on any atom is -0.377 e. The molecule has 1 heterocycles. The second-order valence-corrected chi connectivity index (χ2v) is 10.4. The minimum absolute atomic E-state index is 0.0567. The number of allylic oxidation sites excluding steroid dienone is 1. The van der Waals surface area contributed by atoms with Crippen LogP contribution in [0.25, 0.3) is 11.1 Å². The Labute approximate surface area is 238 Å². The van der Waals surface area contributed by atoms with Crippen molar-refractivity contribution < 1.29 is 9.63 Å². The number of halogens is 1. The molecule has 0 N–H and O–H groups in total. The number of oxime groups is 1. The molecule has 0 amide bonds. The van der Waals surface area contributed by atoms with Crippen molar-refractivity contribution >= 4 is 34.2 Å². The van der Waals surface area contributed by atoms with Crippen molar-refractivity contribution in [3.63, 3.8) is 0 Å². The molecule has 0 saturated carbocycles. The molecule has 1 aliphatic carbocycles. The molecular weight excluding hydrogens is 514 g/mol. The van der Waals surface area contributed by atoms with Gasteiger partial charge in [0.25, 0.3) is 0 Å². The van der Waals surface area contributed by atoms with Crippen molar-refractivity contribution in [2.24, 2.45) is 5.16 Å². The van der Waals surface area contributed by atoms with Crippen molar-refractivity contribution in [1.29, 1.82) is 0 Å². The molecule has 3 nitrogen and oxygen atoms in total. The van der Waals surface area contributed by atoms with E-state index < -0.39 is 11.0 Å². The fourth-order valence-electron chi connectivity index (χ4n) is 6.35. The van der Waals surface area contributed by atoms with E-state index in [-0.39, 0.29) is 5.78 Å². The summed E-state index contributed by atoms with van der Waals surface area (Å²) in [5.41, 5.74) is 3.60. The van der Waals surface area contributed by atoms with E-state index in [2.05, 4.69) is 0 Å². The van der Waals surface area contributed by atoms with Gasteiger partial charge in [-0.3, -0.25) is 4.79 Å². The van der Waals surface area contributed by atoms with Crippen LogP contribution in [0.5, 0.6) is 0 Å². The molecule has 4 heteroatoms. The highest BCUT2D eigenvalue weighted by Gasteiger charge is 2.74. The van der Waals surface area contributed by atoms with Crippen LogP contribution >= 0.6 is 11.6 Å². The number of Topliss-reactive ketones (excluding diaryl/α,β-unsaturated/α-hetero) is 1. The van der Waals surface area contributed by atoms with Crippen LogP contribution in [-0.2, 0) is 20.6 Å². The van der Waals surface area contributed by atoms with Gasteiger partial charge in [0.1, 0.15) is 5.71 Å². The monoisotopic (exact) mass is 537 g/mol. The minimum atomic E-state index is -1.31. The smallest absolute Gasteiger partial charge is 0.211 e. The van der Waals surface area contributed by atoms with Crippen LogP contribution in [0.1, 0.15) is 27.8 Å². The zero-order valence-electron chi connectivity index (χ0n) is 21.5. The third-order valence-electron chi connectivity index (χ3n) is 7.96. The van der Waals surface area contributed by atoms with E-state index in [0.717, 1.165) is 33.4 Å². The van der Waals surface area contributed by atoms with Crippen molar-refractivity contribution in [3.05, 3.63) is 178 Å². The summed E-state index contributed by atoms with van der Waals surface area (Å²) in [5.74, 6) is -0.0567. The molecule has 2 atom stereocenters. The highest BCUT2D eigenvalue weighted by atomic mass is 35.5. The molecule has 0 radical (unpaired) electrons. The average Bonchev–Trinajstić information content (AvgIpc) is 3.49. The number of ketones is 1. The Bertz CT molecular complexity index is 1770. The Kier molecular flexibility index (Phi) is 5.76. The Hall–Kier alpha value is -4.73. The third kappa shape index (κ3) is 3.31. The van der Waals surface area contributed by atoms with E-state index in [1.54, 1.807) is 0 Å². The number of benzene rings is 5. The first-order valence-corrected chi connectivity index (χ1v) is 13.6. The summed E-state index contributed by atoms with van der Waals surface area (Å²) in [6, 6.07) is 47.3. The maximum absolute atomic E-state index is 15.5. The van der Waals surface area contributed by atoms with Crippen molar-refractivity contribution in [2.45, 2.75) is 11.0 Å². The van der Waals surface area contributed by atoms with E-state index in [9.17, 15) is 0 Å². The topological polar surface area (TPSA) is 38.7 Å². The number of carbonyl (C=O) groups excluding carboxylic acids is 1. The van der Waals surface area contributed by atoms with Gasteiger partial charge in [0.05, 0.1) is 0 Å². The standard InChI is InChI=1S/C36H24ClNO2/c37-30-23-21-27(22-24-30)33-35(28-17-9-3-10-18-28)34(39)31(25-13-5-1-6-14-25)32(26-15-7-2-8-16-26)36(35,40-38-33)29-19-11-4-12-20-29/h1-24H/t35-,36+/m0/s1. The van der Waals surface area contributed by atoms with Crippen molar-refractivity contribution in [2.75, 3.05) is 0 Å². The van der Waals surface area contributed by atoms with Gasteiger partial charge in [0, 0.05) is 27.3 Å². The maximum atomic E-state index is 15.5. The summed E-state index contributed by atoms with van der Waals surface area (Å²) in [4.78, 5) is 22.2. The lowest BCUT2D eigenvalue weighted by molar-refractivity contribution is -0.121. The normalized spacial score (nSPS) is 21.6. The molecule has 0 spiro atoms. The molecule has 1 aliphatic heterocycles. The lowest BCUT2D eigenvalue weighted by atomic mass is 9.59. The second-order valence-electron chi connectivity index (χ2n) is 10.0. The average molecular weight is 538 g/mol. The summed E-state index contributed by atoms with van der Waals surface area (Å²) in [6.07, 6.45) is 0. The van der Waals surface area contributed by atoms with Crippen molar-refractivity contribution in [3.8, 4) is 0 Å². The predicted octanol–water partition coefficient (Wildman–Crippen LogP) is 8.10. The number of nitrogens with zero attached hydrogens (tertiary/aromatic N) is 1. The summed E-state index contributed by atoms with van der Waals surface area (Å²) in [5, 5.41) is 5.40. The number of fused-ring (bicyclic) bond motifs is 1. The molecule has 0 unspecified atom stereocenters. The summed E-state index contributed by atoms with van der Waals surface area (Å²) in [6.45, 7) is 0. The van der Waals surface area contributed by atoms with Crippen LogP contribution in [-0.4, -0.2) is 11.5 Å². The molecule has 192 valence electrons. The van der Waals surface area contributed by atoms with Crippen LogP contribution < -0.4 is 0 Å². The molecule has 0 saturated heterocycles. The lowest BCUT2D eigenvalue weighted by Crippen LogP contribution is -2.53. The van der Waals surface area contributed by atoms with E-state index in [0.29, 0.717) is 16.3 Å². The molecule has 5 aromatic carbocycles. The SMILES string of the molecule is O=C1C(c2ccccc2)=C(c2ccccc2)[C@@]2(c3ccccc3)ON=C(c3ccc(Cl)cc3)[C@@]12c1ccccc1. The molecule has 0 bridgehead atoms. The number of hydrogen-bond donors (Lipinski definition) is 0. The van der Waals surface area contributed by atoms with Gasteiger partial charge in [0.15, 0.2) is 11.2 Å². The van der Waals surface area contributed by atoms with Gasteiger partial charge in [0.2, 0.25) is 5.60 Å². The van der Waals surface area contributed by atoms with Gasteiger partial charge in [-0.15, -0.1) is 0 Å². The molecular formula is C36H24ClNO2. The molecule has 5 aromatic rings. The first-order chi connectivity index (χ1) is 19.7. The van der Waals surface area contributed by atoms with Crippen LogP contribution in [0.2, 0.25) is 5.02 Å². The zero-order chi connectivity index (χ0) is 27.2. The fraction of sp³-hybridized carbons (Fsp3) is 0.0556. The molecule has 0 aromatic heterocycles. The van der Waals surface area contributed by atoms with E-state index in [1.165, 1.54) is 0 Å². The van der Waals surface area contributed by atoms with Gasteiger partial charge in [-0.2, -0.15) is 0 Å². The summed E-state index contributed by atoms with van der Waals surface area (Å²) >= 11 is 6.29. The van der Waals surface area contributed by atoms with Crippen LogP contribution in [0.4, 0.5) is 0 Å². The van der Waals surface area contributed by atoms with Gasteiger partial charge in [-0.1, -0.05) is 150 Å². The number of rotatable bonds is 5. The highest BCUT2D eigenvalue weighted by Crippen LogP contribution is 2.65. The van der Waals surface area contributed by atoms with Crippen molar-refractivity contribution in [1.82, 2.24) is 0 Å². The second kappa shape index (κ2) is 9.48. The Morgan fingerprint density at radius 1 is 0.550 bits per heavy atom.